The number of para-hydroxylation sites is 1. The molecule has 0 aliphatic rings. The smallest absolute Gasteiger partial charge is 0.237 e. The molecule has 0 unspecified atom stereocenters. The maximum Gasteiger partial charge on any atom is 0.237 e. The van der Waals surface area contributed by atoms with Crippen LogP contribution in [-0.4, -0.2) is 19.5 Å². The third-order valence-electron chi connectivity index (χ3n) is 10.3. The minimum atomic E-state index is 0.563. The molecular weight excluding hydrogens is 669 g/mol. The summed E-state index contributed by atoms with van der Waals surface area (Å²) >= 11 is 0. The van der Waals surface area contributed by atoms with Crippen molar-refractivity contribution in [2.45, 2.75) is 0 Å². The van der Waals surface area contributed by atoms with Crippen molar-refractivity contribution in [2.75, 3.05) is 0 Å². The first-order valence-corrected chi connectivity index (χ1v) is 18.5. The highest BCUT2D eigenvalue weighted by molar-refractivity contribution is 6.12. The molecule has 3 heterocycles. The lowest BCUT2D eigenvalue weighted by atomic mass is 9.97. The van der Waals surface area contributed by atoms with Crippen LogP contribution in [0.1, 0.15) is 0 Å². The van der Waals surface area contributed by atoms with Crippen LogP contribution in [0.25, 0.3) is 94.9 Å². The molecule has 4 heteroatoms. The summed E-state index contributed by atoms with van der Waals surface area (Å²) in [6.45, 7) is 0. The minimum absolute atomic E-state index is 0.563. The zero-order chi connectivity index (χ0) is 36.6. The standard InChI is InChI=1S/C51H34N4/c1-4-15-35(16-5-1)38-21-10-24-41(31-38)44-27-13-28-45-46-29-14-30-52-50(46)55(49(44)45)51-53-47(42-25-11-22-39(32-42)36-17-6-2-7-18-36)34-48(54-51)43-26-12-23-40(33-43)37-19-8-3-9-20-37/h1-34H. The lowest BCUT2D eigenvalue weighted by Gasteiger charge is -2.14. The average molecular weight is 703 g/mol. The van der Waals surface area contributed by atoms with E-state index in [0.717, 1.165) is 83.4 Å². The number of aromatic nitrogens is 4. The van der Waals surface area contributed by atoms with Gasteiger partial charge in [-0.2, -0.15) is 0 Å². The largest absolute Gasteiger partial charge is 0.261 e. The number of fused-ring (bicyclic) bond motifs is 3. The van der Waals surface area contributed by atoms with Gasteiger partial charge in [0.15, 0.2) is 0 Å². The lowest BCUT2D eigenvalue weighted by molar-refractivity contribution is 0.982. The van der Waals surface area contributed by atoms with E-state index >= 15 is 0 Å². The van der Waals surface area contributed by atoms with Crippen molar-refractivity contribution >= 4 is 21.9 Å². The second kappa shape index (κ2) is 13.8. The van der Waals surface area contributed by atoms with Gasteiger partial charge < -0.3 is 0 Å². The monoisotopic (exact) mass is 702 g/mol. The summed E-state index contributed by atoms with van der Waals surface area (Å²) < 4.78 is 2.16. The number of nitrogens with zero attached hydrogens (tertiary/aromatic N) is 4. The van der Waals surface area contributed by atoms with Crippen LogP contribution in [0.15, 0.2) is 206 Å². The summed E-state index contributed by atoms with van der Waals surface area (Å²) in [6, 6.07) is 70.2. The second-order valence-electron chi connectivity index (χ2n) is 13.7. The van der Waals surface area contributed by atoms with E-state index in [2.05, 4.69) is 187 Å². The van der Waals surface area contributed by atoms with E-state index in [1.165, 1.54) is 5.56 Å². The van der Waals surface area contributed by atoms with Gasteiger partial charge in [0.2, 0.25) is 5.95 Å². The molecule has 0 spiro atoms. The van der Waals surface area contributed by atoms with Gasteiger partial charge in [0.1, 0.15) is 5.65 Å². The molecule has 258 valence electrons. The molecule has 0 aliphatic heterocycles. The minimum Gasteiger partial charge on any atom is -0.261 e. The zero-order valence-corrected chi connectivity index (χ0v) is 29.9. The summed E-state index contributed by atoms with van der Waals surface area (Å²) in [5.74, 6) is 0.563. The molecule has 10 aromatic rings. The fraction of sp³-hybridized carbons (Fsp3) is 0. The quantitative estimate of drug-likeness (QED) is 0.166. The third kappa shape index (κ3) is 6.06. The summed E-state index contributed by atoms with van der Waals surface area (Å²) in [7, 11) is 0. The van der Waals surface area contributed by atoms with Gasteiger partial charge in [0, 0.05) is 33.7 Å². The van der Waals surface area contributed by atoms with Gasteiger partial charge in [-0.15, -0.1) is 0 Å². The average Bonchev–Trinajstić information content (AvgIpc) is 3.62. The molecule has 0 amide bonds. The van der Waals surface area contributed by atoms with E-state index in [4.69, 9.17) is 15.0 Å². The molecule has 4 nitrogen and oxygen atoms in total. The molecule has 0 saturated carbocycles. The molecule has 0 saturated heterocycles. The Morgan fingerprint density at radius 3 is 1.31 bits per heavy atom. The summed E-state index contributed by atoms with van der Waals surface area (Å²) in [4.78, 5) is 15.8. The van der Waals surface area contributed by atoms with Gasteiger partial charge in [-0.3, -0.25) is 4.57 Å². The second-order valence-corrected chi connectivity index (χ2v) is 13.7. The van der Waals surface area contributed by atoms with Crippen LogP contribution in [-0.2, 0) is 0 Å². The molecule has 0 radical (unpaired) electrons. The molecule has 0 atom stereocenters. The van der Waals surface area contributed by atoms with Gasteiger partial charge in [-0.1, -0.05) is 164 Å². The van der Waals surface area contributed by atoms with Crippen LogP contribution in [0, 0.1) is 0 Å². The van der Waals surface area contributed by atoms with Crippen molar-refractivity contribution in [2.24, 2.45) is 0 Å². The van der Waals surface area contributed by atoms with Crippen molar-refractivity contribution in [3.8, 4) is 73.0 Å². The van der Waals surface area contributed by atoms with Crippen molar-refractivity contribution in [1.29, 1.82) is 0 Å². The molecule has 0 bridgehead atoms. The highest BCUT2D eigenvalue weighted by atomic mass is 15.2. The van der Waals surface area contributed by atoms with Crippen LogP contribution in [0.5, 0.6) is 0 Å². The third-order valence-corrected chi connectivity index (χ3v) is 10.3. The zero-order valence-electron chi connectivity index (χ0n) is 29.9. The topological polar surface area (TPSA) is 43.6 Å². The fourth-order valence-electron chi connectivity index (χ4n) is 7.63. The van der Waals surface area contributed by atoms with Crippen LogP contribution in [0.3, 0.4) is 0 Å². The van der Waals surface area contributed by atoms with E-state index in [0.29, 0.717) is 5.95 Å². The SMILES string of the molecule is c1ccc(-c2cccc(-c3cc(-c4cccc(-c5ccccc5)c4)nc(-n4c5ncccc5c5cccc(-c6cccc(-c7ccccc7)c6)c54)n3)c2)cc1. The van der Waals surface area contributed by atoms with Crippen molar-refractivity contribution < 1.29 is 0 Å². The number of benzene rings is 7. The Labute approximate surface area is 319 Å². The normalized spacial score (nSPS) is 11.3. The highest BCUT2D eigenvalue weighted by Gasteiger charge is 2.21. The Kier molecular flexibility index (Phi) is 8.12. The number of hydrogen-bond acceptors (Lipinski definition) is 3. The molecule has 10 rings (SSSR count). The fourth-order valence-corrected chi connectivity index (χ4v) is 7.63. The van der Waals surface area contributed by atoms with Crippen molar-refractivity contribution in [1.82, 2.24) is 19.5 Å². The van der Waals surface area contributed by atoms with Crippen molar-refractivity contribution in [3.05, 3.63) is 206 Å². The van der Waals surface area contributed by atoms with Gasteiger partial charge in [0.05, 0.1) is 16.9 Å². The van der Waals surface area contributed by atoms with Crippen molar-refractivity contribution in [3.63, 3.8) is 0 Å². The Morgan fingerprint density at radius 2 is 0.764 bits per heavy atom. The summed E-state index contributed by atoms with van der Waals surface area (Å²) in [5, 5.41) is 2.14. The van der Waals surface area contributed by atoms with Crippen LogP contribution in [0.4, 0.5) is 0 Å². The molecule has 0 N–H and O–H groups in total. The summed E-state index contributed by atoms with van der Waals surface area (Å²) in [5.41, 5.74) is 14.6. The van der Waals surface area contributed by atoms with E-state index in [9.17, 15) is 0 Å². The van der Waals surface area contributed by atoms with Crippen LogP contribution in [0.2, 0.25) is 0 Å². The van der Waals surface area contributed by atoms with E-state index < -0.39 is 0 Å². The predicted octanol–water partition coefficient (Wildman–Crippen LogP) is 13.0. The maximum atomic E-state index is 5.40. The van der Waals surface area contributed by atoms with Gasteiger partial charge in [-0.05, 0) is 75.3 Å². The number of pyridine rings is 1. The van der Waals surface area contributed by atoms with Gasteiger partial charge in [-0.25, -0.2) is 15.0 Å². The molecule has 3 aromatic heterocycles. The molecule has 0 aliphatic carbocycles. The summed E-state index contributed by atoms with van der Waals surface area (Å²) in [6.07, 6.45) is 1.85. The number of hydrogen-bond donors (Lipinski definition) is 0. The molecule has 55 heavy (non-hydrogen) atoms. The molecular formula is C51H34N4. The maximum absolute atomic E-state index is 5.40. The van der Waals surface area contributed by atoms with Gasteiger partial charge in [0.25, 0.3) is 0 Å². The Balaban J connectivity index is 1.23. The van der Waals surface area contributed by atoms with E-state index in [1.54, 1.807) is 0 Å². The Bertz CT molecular complexity index is 2870. The first-order chi connectivity index (χ1) is 27.3. The highest BCUT2D eigenvalue weighted by Crippen LogP contribution is 2.39. The van der Waals surface area contributed by atoms with E-state index in [-0.39, 0.29) is 0 Å². The van der Waals surface area contributed by atoms with Gasteiger partial charge >= 0.3 is 0 Å². The van der Waals surface area contributed by atoms with Crippen LogP contribution >= 0.6 is 0 Å². The first-order valence-electron chi connectivity index (χ1n) is 18.5. The predicted molar refractivity (Wildman–Crippen MR) is 227 cm³/mol. The Morgan fingerprint density at radius 1 is 0.327 bits per heavy atom. The Hall–Kier alpha value is -7.43. The molecule has 7 aromatic carbocycles. The van der Waals surface area contributed by atoms with E-state index in [1.807, 2.05) is 24.4 Å². The van der Waals surface area contributed by atoms with Crippen LogP contribution < -0.4 is 0 Å². The lowest BCUT2D eigenvalue weighted by Crippen LogP contribution is -2.05. The number of rotatable bonds is 7. The molecule has 0 fully saturated rings. The first kappa shape index (κ1) is 32.2.